The minimum atomic E-state index is -0.155. The molecule has 1 N–H and O–H groups in total. The molecular weight excluding hydrogens is 304 g/mol. The fourth-order valence-electron chi connectivity index (χ4n) is 1.99. The summed E-state index contributed by atoms with van der Waals surface area (Å²) in [6.45, 7) is 2.01. The first-order valence-corrected chi connectivity index (χ1v) is 6.70. The van der Waals surface area contributed by atoms with E-state index < -0.39 is 0 Å². The van der Waals surface area contributed by atoms with Crippen molar-refractivity contribution in [3.05, 3.63) is 58.1 Å². The smallest absolute Gasteiger partial charge is 0.275 e. The van der Waals surface area contributed by atoms with Gasteiger partial charge < -0.3 is 5.32 Å². The SMILES string of the molecule is Cc1ccc(N=C2C(=O)Nc3ccccc32)cc1Br. The van der Waals surface area contributed by atoms with Crippen LogP contribution in [-0.4, -0.2) is 11.6 Å². The maximum atomic E-state index is 11.9. The van der Waals surface area contributed by atoms with Crippen LogP contribution >= 0.6 is 15.9 Å². The summed E-state index contributed by atoms with van der Waals surface area (Å²) in [4.78, 5) is 16.4. The molecule has 19 heavy (non-hydrogen) atoms. The quantitative estimate of drug-likeness (QED) is 0.854. The van der Waals surface area contributed by atoms with Gasteiger partial charge in [0.05, 0.1) is 11.4 Å². The van der Waals surface area contributed by atoms with E-state index in [1.807, 2.05) is 49.4 Å². The van der Waals surface area contributed by atoms with Gasteiger partial charge in [-0.25, -0.2) is 4.99 Å². The summed E-state index contributed by atoms with van der Waals surface area (Å²) >= 11 is 3.47. The second-order valence-electron chi connectivity index (χ2n) is 4.39. The molecule has 0 bridgehead atoms. The van der Waals surface area contributed by atoms with Crippen molar-refractivity contribution < 1.29 is 4.79 Å². The molecule has 3 rings (SSSR count). The number of aliphatic imine (C=N–C) groups is 1. The standard InChI is InChI=1S/C15H11BrN2O/c1-9-6-7-10(8-12(9)16)17-14-11-4-2-3-5-13(11)18-15(14)19/h2-8H,1H3,(H,17,18,19). The van der Waals surface area contributed by atoms with Gasteiger partial charge in [-0.15, -0.1) is 0 Å². The van der Waals surface area contributed by atoms with Crippen LogP contribution in [0.25, 0.3) is 0 Å². The third kappa shape index (κ3) is 2.19. The number of carbonyl (C=O) groups is 1. The second-order valence-corrected chi connectivity index (χ2v) is 5.25. The summed E-state index contributed by atoms with van der Waals surface area (Å²) in [7, 11) is 0. The van der Waals surface area contributed by atoms with Gasteiger partial charge in [-0.05, 0) is 30.7 Å². The van der Waals surface area contributed by atoms with Crippen molar-refractivity contribution in [2.75, 3.05) is 5.32 Å². The Morgan fingerprint density at radius 2 is 1.95 bits per heavy atom. The molecule has 1 heterocycles. The van der Waals surface area contributed by atoms with Crippen molar-refractivity contribution in [3.8, 4) is 0 Å². The van der Waals surface area contributed by atoms with Crippen LogP contribution in [0, 0.1) is 6.92 Å². The zero-order valence-corrected chi connectivity index (χ0v) is 11.9. The third-order valence-electron chi connectivity index (χ3n) is 3.04. The molecule has 0 saturated heterocycles. The Bertz CT molecular complexity index is 707. The lowest BCUT2D eigenvalue weighted by molar-refractivity contribution is -0.110. The van der Waals surface area contributed by atoms with Crippen LogP contribution in [0.1, 0.15) is 11.1 Å². The number of aryl methyl sites for hydroxylation is 1. The Labute approximate surface area is 119 Å². The van der Waals surface area contributed by atoms with E-state index in [0.717, 1.165) is 27.0 Å². The average Bonchev–Trinajstić information content (AvgIpc) is 2.71. The van der Waals surface area contributed by atoms with Gasteiger partial charge in [0.15, 0.2) is 0 Å². The molecular formula is C15H11BrN2O. The number of rotatable bonds is 1. The number of amides is 1. The van der Waals surface area contributed by atoms with Gasteiger partial charge in [-0.1, -0.05) is 40.2 Å². The van der Waals surface area contributed by atoms with E-state index in [4.69, 9.17) is 0 Å². The number of hydrogen-bond donors (Lipinski definition) is 1. The first-order valence-electron chi connectivity index (χ1n) is 5.91. The molecule has 2 aromatic rings. The van der Waals surface area contributed by atoms with Gasteiger partial charge in [0, 0.05) is 10.0 Å². The maximum absolute atomic E-state index is 11.9. The first kappa shape index (κ1) is 12.1. The average molecular weight is 315 g/mol. The minimum Gasteiger partial charge on any atom is -0.320 e. The largest absolute Gasteiger partial charge is 0.320 e. The van der Waals surface area contributed by atoms with Crippen LogP contribution in [0.15, 0.2) is 51.9 Å². The van der Waals surface area contributed by atoms with E-state index in [9.17, 15) is 4.79 Å². The summed E-state index contributed by atoms with van der Waals surface area (Å²) < 4.78 is 0.987. The molecule has 94 valence electrons. The number of carbonyl (C=O) groups excluding carboxylic acids is 1. The molecule has 2 aromatic carbocycles. The minimum absolute atomic E-state index is 0.155. The Morgan fingerprint density at radius 1 is 1.16 bits per heavy atom. The number of benzene rings is 2. The van der Waals surface area contributed by atoms with Gasteiger partial charge in [0.25, 0.3) is 5.91 Å². The molecule has 0 radical (unpaired) electrons. The second kappa shape index (κ2) is 4.63. The molecule has 0 atom stereocenters. The predicted molar refractivity (Wildman–Crippen MR) is 80.1 cm³/mol. The highest BCUT2D eigenvalue weighted by Gasteiger charge is 2.25. The van der Waals surface area contributed by atoms with E-state index in [0.29, 0.717) is 5.71 Å². The Kier molecular flexibility index (Phi) is 2.95. The topological polar surface area (TPSA) is 41.5 Å². The van der Waals surface area contributed by atoms with E-state index in [1.165, 1.54) is 0 Å². The fraction of sp³-hybridized carbons (Fsp3) is 0.0667. The molecule has 0 fully saturated rings. The molecule has 1 aliphatic heterocycles. The molecule has 0 saturated carbocycles. The van der Waals surface area contributed by atoms with Crippen molar-refractivity contribution in [3.63, 3.8) is 0 Å². The molecule has 3 nitrogen and oxygen atoms in total. The van der Waals surface area contributed by atoms with Crippen LogP contribution in [0.4, 0.5) is 11.4 Å². The van der Waals surface area contributed by atoms with Gasteiger partial charge >= 0.3 is 0 Å². The van der Waals surface area contributed by atoms with Crippen molar-refractivity contribution in [2.24, 2.45) is 4.99 Å². The fourth-order valence-corrected chi connectivity index (χ4v) is 2.36. The van der Waals surface area contributed by atoms with Gasteiger partial charge in [-0.3, -0.25) is 4.79 Å². The Morgan fingerprint density at radius 3 is 2.74 bits per heavy atom. The summed E-state index contributed by atoms with van der Waals surface area (Å²) in [5.41, 5.74) is 4.03. The van der Waals surface area contributed by atoms with Crippen molar-refractivity contribution in [1.29, 1.82) is 0 Å². The van der Waals surface area contributed by atoms with Crippen LogP contribution in [0.5, 0.6) is 0 Å². The van der Waals surface area contributed by atoms with Gasteiger partial charge in [0.1, 0.15) is 5.71 Å². The lowest BCUT2D eigenvalue weighted by atomic mass is 10.1. The van der Waals surface area contributed by atoms with Gasteiger partial charge in [-0.2, -0.15) is 0 Å². The number of anilines is 1. The van der Waals surface area contributed by atoms with Crippen molar-refractivity contribution in [2.45, 2.75) is 6.92 Å². The number of nitrogens with one attached hydrogen (secondary N) is 1. The molecule has 1 aliphatic rings. The summed E-state index contributed by atoms with van der Waals surface area (Å²) in [6, 6.07) is 13.4. The van der Waals surface area contributed by atoms with Crippen LogP contribution in [-0.2, 0) is 4.79 Å². The van der Waals surface area contributed by atoms with Crippen molar-refractivity contribution >= 4 is 38.9 Å². The van der Waals surface area contributed by atoms with E-state index in [-0.39, 0.29) is 5.91 Å². The highest BCUT2D eigenvalue weighted by Crippen LogP contribution is 2.27. The van der Waals surface area contributed by atoms with Crippen LogP contribution in [0.3, 0.4) is 0 Å². The normalized spacial score (nSPS) is 15.5. The number of hydrogen-bond acceptors (Lipinski definition) is 2. The lowest BCUT2D eigenvalue weighted by Crippen LogP contribution is -2.13. The maximum Gasteiger partial charge on any atom is 0.275 e. The predicted octanol–water partition coefficient (Wildman–Crippen LogP) is 3.83. The summed E-state index contributed by atoms with van der Waals surface area (Å²) in [5.74, 6) is -0.155. The van der Waals surface area contributed by atoms with E-state index in [1.54, 1.807) is 0 Å². The monoisotopic (exact) mass is 314 g/mol. The van der Waals surface area contributed by atoms with Crippen LogP contribution < -0.4 is 5.32 Å². The molecule has 0 aliphatic carbocycles. The van der Waals surface area contributed by atoms with E-state index >= 15 is 0 Å². The number of para-hydroxylation sites is 1. The zero-order chi connectivity index (χ0) is 13.4. The Hall–Kier alpha value is -1.94. The number of nitrogens with zero attached hydrogens (tertiary/aromatic N) is 1. The van der Waals surface area contributed by atoms with E-state index in [2.05, 4.69) is 26.2 Å². The molecule has 0 aromatic heterocycles. The molecule has 1 amide bonds. The lowest BCUT2D eigenvalue weighted by Gasteiger charge is -2.01. The van der Waals surface area contributed by atoms with Crippen LogP contribution in [0.2, 0.25) is 0 Å². The number of fused-ring (bicyclic) bond motifs is 1. The summed E-state index contributed by atoms with van der Waals surface area (Å²) in [6.07, 6.45) is 0. The first-order chi connectivity index (χ1) is 9.15. The highest BCUT2D eigenvalue weighted by atomic mass is 79.9. The number of halogens is 1. The van der Waals surface area contributed by atoms with Crippen molar-refractivity contribution in [1.82, 2.24) is 0 Å². The molecule has 4 heteroatoms. The summed E-state index contributed by atoms with van der Waals surface area (Å²) in [5, 5.41) is 2.81. The Balaban J connectivity index is 2.08. The molecule has 0 unspecified atom stereocenters. The zero-order valence-electron chi connectivity index (χ0n) is 10.3. The van der Waals surface area contributed by atoms with Gasteiger partial charge in [0.2, 0.25) is 0 Å². The highest BCUT2D eigenvalue weighted by molar-refractivity contribution is 9.10. The molecule has 0 spiro atoms. The third-order valence-corrected chi connectivity index (χ3v) is 3.90.